The molecule has 0 bridgehead atoms. The van der Waals surface area contributed by atoms with E-state index in [-0.39, 0.29) is 5.82 Å². The lowest BCUT2D eigenvalue weighted by Gasteiger charge is -2.16. The Kier molecular flexibility index (Phi) is 5.58. The van der Waals surface area contributed by atoms with Gasteiger partial charge >= 0.3 is 5.97 Å². The van der Waals surface area contributed by atoms with Crippen molar-refractivity contribution in [3.63, 3.8) is 0 Å². The summed E-state index contributed by atoms with van der Waals surface area (Å²) in [5.41, 5.74) is 12.0. The first kappa shape index (κ1) is 18.8. The van der Waals surface area contributed by atoms with E-state index in [1.807, 2.05) is 0 Å². The predicted octanol–water partition coefficient (Wildman–Crippen LogP) is -1.44. The number of nitrogens with two attached hydrogens (primary N) is 2. The first-order valence-corrected chi connectivity index (χ1v) is 9.06. The monoisotopic (exact) mass is 384 g/mol. The summed E-state index contributed by atoms with van der Waals surface area (Å²) in [4.78, 5) is 22.8. The molecule has 3 rings (SSSR count). The first-order valence-electron chi connectivity index (χ1n) is 7.91. The van der Waals surface area contributed by atoms with E-state index < -0.39 is 36.6 Å². The fourth-order valence-electron chi connectivity index (χ4n) is 2.69. The number of thioether (sulfide) groups is 1. The van der Waals surface area contributed by atoms with Crippen LogP contribution in [0, 0.1) is 0 Å². The van der Waals surface area contributed by atoms with E-state index >= 15 is 0 Å². The van der Waals surface area contributed by atoms with Crippen LogP contribution in [0.2, 0.25) is 0 Å². The number of carbonyl (C=O) groups is 1. The highest BCUT2D eigenvalue weighted by molar-refractivity contribution is 7.99. The molecule has 0 saturated carbocycles. The van der Waals surface area contributed by atoms with E-state index in [9.17, 15) is 15.0 Å². The summed E-state index contributed by atoms with van der Waals surface area (Å²) in [6, 6.07) is -0.919. The molecular weight excluding hydrogens is 364 g/mol. The second-order valence-corrected chi connectivity index (χ2v) is 7.09. The van der Waals surface area contributed by atoms with Crippen molar-refractivity contribution in [3.8, 4) is 0 Å². The Morgan fingerprint density at radius 3 is 2.85 bits per heavy atom. The molecule has 2 aromatic heterocycles. The zero-order chi connectivity index (χ0) is 18.8. The average molecular weight is 384 g/mol. The van der Waals surface area contributed by atoms with E-state index in [0.29, 0.717) is 29.1 Å². The molecule has 1 aliphatic rings. The summed E-state index contributed by atoms with van der Waals surface area (Å²) in [5, 5.41) is 29.3. The maximum atomic E-state index is 10.7. The van der Waals surface area contributed by atoms with Crippen molar-refractivity contribution in [1.82, 2.24) is 19.5 Å². The molecule has 11 nitrogen and oxygen atoms in total. The maximum absolute atomic E-state index is 10.7. The van der Waals surface area contributed by atoms with E-state index in [2.05, 4.69) is 15.0 Å². The van der Waals surface area contributed by atoms with E-state index in [4.69, 9.17) is 21.3 Å². The fraction of sp³-hybridized carbons (Fsp3) is 0.571. The minimum absolute atomic E-state index is 0.212. The topological polar surface area (TPSA) is 183 Å². The van der Waals surface area contributed by atoms with Crippen molar-refractivity contribution >= 4 is 34.7 Å². The number of aliphatic carboxylic acids is 1. The largest absolute Gasteiger partial charge is 0.480 e. The molecule has 0 spiro atoms. The van der Waals surface area contributed by atoms with E-state index in [1.165, 1.54) is 29.0 Å². The molecule has 0 aliphatic carbocycles. The second kappa shape index (κ2) is 7.72. The van der Waals surface area contributed by atoms with Gasteiger partial charge in [-0.25, -0.2) is 15.0 Å². The summed E-state index contributed by atoms with van der Waals surface area (Å²) in [6.45, 7) is 0. The smallest absolute Gasteiger partial charge is 0.320 e. The highest BCUT2D eigenvalue weighted by Crippen LogP contribution is 2.33. The number of nitrogen functional groups attached to an aromatic ring is 1. The van der Waals surface area contributed by atoms with Crippen molar-refractivity contribution < 1.29 is 24.9 Å². The lowest BCUT2D eigenvalue weighted by atomic mass is 10.1. The summed E-state index contributed by atoms with van der Waals surface area (Å²) in [5.74, 6) is 0.0405. The van der Waals surface area contributed by atoms with Crippen molar-refractivity contribution in [3.05, 3.63) is 12.7 Å². The molecule has 0 amide bonds. The third kappa shape index (κ3) is 3.59. The minimum Gasteiger partial charge on any atom is -0.480 e. The number of aliphatic hydroxyl groups excluding tert-OH is 2. The van der Waals surface area contributed by atoms with Gasteiger partial charge in [0.15, 0.2) is 17.7 Å². The number of fused-ring (bicyclic) bond motifs is 1. The number of ether oxygens (including phenoxy) is 1. The molecule has 142 valence electrons. The van der Waals surface area contributed by atoms with Gasteiger partial charge in [0.25, 0.3) is 0 Å². The van der Waals surface area contributed by atoms with Gasteiger partial charge in [-0.3, -0.25) is 9.36 Å². The van der Waals surface area contributed by atoms with Crippen LogP contribution in [-0.4, -0.2) is 76.7 Å². The molecule has 3 heterocycles. The third-order valence-corrected chi connectivity index (χ3v) is 5.26. The number of hydrogen-bond acceptors (Lipinski definition) is 10. The van der Waals surface area contributed by atoms with Crippen LogP contribution >= 0.6 is 11.8 Å². The van der Waals surface area contributed by atoms with Gasteiger partial charge in [0.05, 0.1) is 12.4 Å². The first-order chi connectivity index (χ1) is 12.4. The van der Waals surface area contributed by atoms with Crippen LogP contribution in [0.3, 0.4) is 0 Å². The molecule has 1 fully saturated rings. The number of carboxylic acid groups (broad SMARTS) is 1. The predicted molar refractivity (Wildman–Crippen MR) is 93.2 cm³/mol. The number of aromatic nitrogens is 4. The van der Waals surface area contributed by atoms with Crippen molar-refractivity contribution in [2.24, 2.45) is 5.73 Å². The number of nitrogens with zero attached hydrogens (tertiary/aromatic N) is 4. The molecule has 3 unspecified atom stereocenters. The highest BCUT2D eigenvalue weighted by atomic mass is 32.2. The van der Waals surface area contributed by atoms with Gasteiger partial charge in [-0.05, 0) is 12.2 Å². The molecule has 0 aromatic carbocycles. The molecule has 1 aliphatic heterocycles. The van der Waals surface area contributed by atoms with Crippen molar-refractivity contribution in [2.45, 2.75) is 37.0 Å². The number of anilines is 1. The van der Waals surface area contributed by atoms with Crippen LogP contribution < -0.4 is 11.5 Å². The molecule has 1 saturated heterocycles. The third-order valence-electron chi connectivity index (χ3n) is 4.17. The Morgan fingerprint density at radius 1 is 1.35 bits per heavy atom. The molecule has 0 radical (unpaired) electrons. The molecular formula is C14H20N6O5S. The second-order valence-electron chi connectivity index (χ2n) is 5.94. The highest BCUT2D eigenvalue weighted by Gasteiger charge is 2.44. The van der Waals surface area contributed by atoms with Crippen LogP contribution in [0.1, 0.15) is 12.6 Å². The quantitative estimate of drug-likeness (QED) is 0.352. The van der Waals surface area contributed by atoms with Gasteiger partial charge in [-0.1, -0.05) is 0 Å². The summed E-state index contributed by atoms with van der Waals surface area (Å²) in [6.07, 6.45) is -0.747. The van der Waals surface area contributed by atoms with E-state index in [1.54, 1.807) is 0 Å². The fourth-order valence-corrected chi connectivity index (χ4v) is 3.78. The molecule has 12 heteroatoms. The van der Waals surface area contributed by atoms with Gasteiger partial charge in [-0.15, -0.1) is 0 Å². The normalized spacial score (nSPS) is 27.0. The van der Waals surface area contributed by atoms with Crippen molar-refractivity contribution in [1.29, 1.82) is 0 Å². The van der Waals surface area contributed by atoms with Crippen LogP contribution in [0.15, 0.2) is 12.7 Å². The Bertz CT molecular complexity index is 788. The summed E-state index contributed by atoms with van der Waals surface area (Å²) in [7, 11) is 0. The van der Waals surface area contributed by atoms with E-state index in [0.717, 1.165) is 0 Å². The summed E-state index contributed by atoms with van der Waals surface area (Å²) >= 11 is 1.40. The number of hydrogen-bond donors (Lipinski definition) is 5. The Labute approximate surface area is 152 Å². The standard InChI is InChI=1S/C14H20N6O5S/c15-6(14(23)24)1-2-26-3-7-9(21)10(22)13(25-7)20-5-19-8-11(16)17-4-18-12(8)20/h4-7,9-10,13,21-22H,1-3,15H2,(H,23,24)(H2,16,17,18)/t6-,7+,9?,10?,13?/m0/s1. The Morgan fingerprint density at radius 2 is 2.12 bits per heavy atom. The van der Waals surface area contributed by atoms with Gasteiger partial charge in [0.2, 0.25) is 0 Å². The van der Waals surface area contributed by atoms with Crippen LogP contribution in [0.4, 0.5) is 5.82 Å². The SMILES string of the molecule is Nc1ncnc2c1ncn2C1O[C@H](CSCC[C@H](N)C(=O)O)C(O)C1O. The Balaban J connectivity index is 1.64. The summed E-state index contributed by atoms with van der Waals surface area (Å²) < 4.78 is 7.29. The molecule has 5 atom stereocenters. The zero-order valence-electron chi connectivity index (χ0n) is 13.7. The molecule has 2 aromatic rings. The lowest BCUT2D eigenvalue weighted by Crippen LogP contribution is -2.33. The molecule has 26 heavy (non-hydrogen) atoms. The van der Waals surface area contributed by atoms with Gasteiger partial charge in [-0.2, -0.15) is 11.8 Å². The minimum atomic E-state index is -1.17. The Hall–Kier alpha value is -1.99. The van der Waals surface area contributed by atoms with Gasteiger partial charge in [0.1, 0.15) is 30.1 Å². The van der Waals surface area contributed by atoms with Crippen LogP contribution in [0.5, 0.6) is 0 Å². The molecule has 7 N–H and O–H groups in total. The average Bonchev–Trinajstić information content (AvgIpc) is 3.15. The van der Waals surface area contributed by atoms with Crippen molar-refractivity contribution in [2.75, 3.05) is 17.2 Å². The number of imidazole rings is 1. The number of carboxylic acids is 1. The van der Waals surface area contributed by atoms with Gasteiger partial charge < -0.3 is 31.5 Å². The number of rotatable bonds is 7. The number of aliphatic hydroxyl groups is 2. The zero-order valence-corrected chi connectivity index (χ0v) is 14.5. The lowest BCUT2D eigenvalue weighted by molar-refractivity contribution is -0.138. The van der Waals surface area contributed by atoms with Crippen LogP contribution in [0.25, 0.3) is 11.2 Å². The van der Waals surface area contributed by atoms with Gasteiger partial charge in [0, 0.05) is 5.75 Å². The van der Waals surface area contributed by atoms with Crippen LogP contribution in [-0.2, 0) is 9.53 Å². The maximum Gasteiger partial charge on any atom is 0.320 e.